The second-order valence-electron chi connectivity index (χ2n) is 6.48. The fourth-order valence-electron chi connectivity index (χ4n) is 3.51. The summed E-state index contributed by atoms with van der Waals surface area (Å²) >= 11 is 8.11. The van der Waals surface area contributed by atoms with Gasteiger partial charge in [-0.05, 0) is 29.1 Å². The smallest absolute Gasteiger partial charge is 0.267 e. The van der Waals surface area contributed by atoms with Crippen molar-refractivity contribution in [1.82, 2.24) is 9.66 Å². The van der Waals surface area contributed by atoms with Gasteiger partial charge in [-0.25, -0.2) is 4.98 Å². The van der Waals surface area contributed by atoms with E-state index in [4.69, 9.17) is 11.6 Å². The van der Waals surface area contributed by atoms with Gasteiger partial charge in [0.05, 0.1) is 16.6 Å². The number of thiophene rings is 1. The van der Waals surface area contributed by atoms with Gasteiger partial charge in [0.1, 0.15) is 10.7 Å². The molecule has 0 saturated heterocycles. The third-order valence-electron chi connectivity index (χ3n) is 4.85. The molecule has 0 amide bonds. The molecular formula is C22H14ClN3OS. The predicted octanol–water partition coefficient (Wildman–Crippen LogP) is 5.61. The van der Waals surface area contributed by atoms with Crippen molar-refractivity contribution in [3.63, 3.8) is 0 Å². The topological polar surface area (TPSA) is 47.2 Å². The number of rotatable bonds is 2. The first kappa shape index (κ1) is 17.1. The fourth-order valence-corrected chi connectivity index (χ4v) is 4.64. The Morgan fingerprint density at radius 1 is 0.964 bits per heavy atom. The second kappa shape index (κ2) is 6.55. The third kappa shape index (κ3) is 2.55. The standard InChI is InChI=1S/C22H14ClN3OS/c1-13-25-21-18(10-11-28-21)22(27)26(13)24-12-19-14-6-2-4-8-16(14)20(23)17-9-5-3-7-15(17)19/h2-12H,1H3/b24-12-. The number of aryl methyl sites for hydroxylation is 1. The maximum atomic E-state index is 12.8. The number of nitrogens with zero attached hydrogens (tertiary/aromatic N) is 3. The van der Waals surface area contributed by atoms with Crippen molar-refractivity contribution >= 4 is 60.9 Å². The largest absolute Gasteiger partial charge is 0.282 e. The minimum Gasteiger partial charge on any atom is -0.267 e. The Bertz CT molecular complexity index is 1410. The number of fused-ring (bicyclic) bond motifs is 3. The summed E-state index contributed by atoms with van der Waals surface area (Å²) in [6.45, 7) is 1.79. The second-order valence-corrected chi connectivity index (χ2v) is 7.75. The van der Waals surface area contributed by atoms with Gasteiger partial charge in [0.2, 0.25) is 0 Å². The molecule has 3 aromatic carbocycles. The number of aromatic nitrogens is 2. The zero-order valence-corrected chi connectivity index (χ0v) is 16.5. The summed E-state index contributed by atoms with van der Waals surface area (Å²) in [6, 6.07) is 17.7. The van der Waals surface area contributed by atoms with Crippen LogP contribution in [0.15, 0.2) is 69.9 Å². The first-order chi connectivity index (χ1) is 13.6. The van der Waals surface area contributed by atoms with E-state index in [1.54, 1.807) is 19.2 Å². The molecule has 0 N–H and O–H groups in total. The lowest BCUT2D eigenvalue weighted by Crippen LogP contribution is -2.19. The Labute approximate surface area is 169 Å². The van der Waals surface area contributed by atoms with Gasteiger partial charge in [0, 0.05) is 16.3 Å². The van der Waals surface area contributed by atoms with Crippen LogP contribution in [-0.4, -0.2) is 15.9 Å². The third-order valence-corrected chi connectivity index (χ3v) is 6.06. The van der Waals surface area contributed by atoms with E-state index in [2.05, 4.69) is 10.1 Å². The van der Waals surface area contributed by atoms with Crippen molar-refractivity contribution in [3.8, 4) is 0 Å². The van der Waals surface area contributed by atoms with Crippen LogP contribution in [0, 0.1) is 6.92 Å². The highest BCUT2D eigenvalue weighted by Crippen LogP contribution is 2.35. The van der Waals surface area contributed by atoms with E-state index in [1.807, 2.05) is 53.9 Å². The van der Waals surface area contributed by atoms with Crippen molar-refractivity contribution < 1.29 is 0 Å². The summed E-state index contributed by atoms with van der Waals surface area (Å²) in [5.74, 6) is 0.554. The Morgan fingerprint density at radius 2 is 1.57 bits per heavy atom. The molecule has 28 heavy (non-hydrogen) atoms. The quantitative estimate of drug-likeness (QED) is 0.284. The number of hydrogen-bond donors (Lipinski definition) is 0. The van der Waals surface area contributed by atoms with Crippen LogP contribution in [0.5, 0.6) is 0 Å². The number of benzene rings is 3. The van der Waals surface area contributed by atoms with Gasteiger partial charge >= 0.3 is 0 Å². The van der Waals surface area contributed by atoms with Crippen LogP contribution in [0.4, 0.5) is 0 Å². The minimum absolute atomic E-state index is 0.164. The normalized spacial score (nSPS) is 11.9. The van der Waals surface area contributed by atoms with Crippen molar-refractivity contribution in [2.45, 2.75) is 6.92 Å². The summed E-state index contributed by atoms with van der Waals surface area (Å²) in [7, 11) is 0. The van der Waals surface area contributed by atoms with Crippen LogP contribution < -0.4 is 5.56 Å². The lowest BCUT2D eigenvalue weighted by molar-refractivity contribution is 0.772. The summed E-state index contributed by atoms with van der Waals surface area (Å²) in [4.78, 5) is 18.0. The zero-order valence-electron chi connectivity index (χ0n) is 14.9. The zero-order chi connectivity index (χ0) is 19.3. The summed E-state index contributed by atoms with van der Waals surface area (Å²) in [6.07, 6.45) is 1.73. The molecule has 0 saturated carbocycles. The van der Waals surface area contributed by atoms with E-state index in [9.17, 15) is 4.79 Å². The first-order valence-electron chi connectivity index (χ1n) is 8.75. The van der Waals surface area contributed by atoms with E-state index in [-0.39, 0.29) is 5.56 Å². The first-order valence-corrected chi connectivity index (χ1v) is 10.0. The van der Waals surface area contributed by atoms with Crippen LogP contribution in [0.3, 0.4) is 0 Å². The molecule has 5 rings (SSSR count). The van der Waals surface area contributed by atoms with Crippen LogP contribution >= 0.6 is 22.9 Å². The summed E-state index contributed by atoms with van der Waals surface area (Å²) in [5, 5.41) is 11.6. The van der Waals surface area contributed by atoms with Gasteiger partial charge < -0.3 is 0 Å². The molecule has 0 fully saturated rings. The molecule has 2 aromatic heterocycles. The Hall–Kier alpha value is -3.02. The van der Waals surface area contributed by atoms with Crippen LogP contribution in [0.25, 0.3) is 31.8 Å². The molecule has 4 nitrogen and oxygen atoms in total. The van der Waals surface area contributed by atoms with E-state index in [0.29, 0.717) is 11.2 Å². The van der Waals surface area contributed by atoms with Crippen LogP contribution in [0.2, 0.25) is 5.02 Å². The summed E-state index contributed by atoms with van der Waals surface area (Å²) < 4.78 is 1.35. The van der Waals surface area contributed by atoms with Crippen LogP contribution in [-0.2, 0) is 0 Å². The SMILES string of the molecule is Cc1nc2sccc2c(=O)n1/N=C\c1c2ccccc2c(Cl)c2ccccc12. The highest BCUT2D eigenvalue weighted by Gasteiger charge is 2.12. The summed E-state index contributed by atoms with van der Waals surface area (Å²) in [5.41, 5.74) is 0.759. The van der Waals surface area contributed by atoms with Crippen molar-refractivity contribution in [1.29, 1.82) is 0 Å². The molecule has 0 aliphatic rings. The minimum atomic E-state index is -0.164. The van der Waals surface area contributed by atoms with Gasteiger partial charge in [-0.3, -0.25) is 4.79 Å². The van der Waals surface area contributed by atoms with Gasteiger partial charge in [-0.2, -0.15) is 9.78 Å². The molecule has 6 heteroatoms. The van der Waals surface area contributed by atoms with Gasteiger partial charge in [-0.1, -0.05) is 60.1 Å². The van der Waals surface area contributed by atoms with Crippen molar-refractivity contribution in [2.75, 3.05) is 0 Å². The average molecular weight is 404 g/mol. The van der Waals surface area contributed by atoms with E-state index in [0.717, 1.165) is 37.0 Å². The van der Waals surface area contributed by atoms with E-state index in [1.165, 1.54) is 16.0 Å². The molecule has 0 radical (unpaired) electrons. The van der Waals surface area contributed by atoms with Gasteiger partial charge in [0.15, 0.2) is 0 Å². The van der Waals surface area contributed by atoms with Crippen molar-refractivity contribution in [2.24, 2.45) is 5.10 Å². The number of halogens is 1. The van der Waals surface area contributed by atoms with Crippen LogP contribution in [0.1, 0.15) is 11.4 Å². The van der Waals surface area contributed by atoms with E-state index < -0.39 is 0 Å². The molecule has 0 atom stereocenters. The highest BCUT2D eigenvalue weighted by molar-refractivity contribution is 7.16. The molecule has 0 aliphatic carbocycles. The maximum absolute atomic E-state index is 12.8. The molecule has 0 spiro atoms. The molecule has 5 aromatic rings. The predicted molar refractivity (Wildman–Crippen MR) is 118 cm³/mol. The van der Waals surface area contributed by atoms with Gasteiger partial charge in [0.25, 0.3) is 5.56 Å². The Kier molecular flexibility index (Phi) is 4.00. The Morgan fingerprint density at radius 3 is 2.21 bits per heavy atom. The lowest BCUT2D eigenvalue weighted by atomic mass is 9.97. The highest BCUT2D eigenvalue weighted by atomic mass is 35.5. The van der Waals surface area contributed by atoms with E-state index >= 15 is 0 Å². The molecular weight excluding hydrogens is 390 g/mol. The monoisotopic (exact) mass is 403 g/mol. The van der Waals surface area contributed by atoms with Crippen molar-refractivity contribution in [3.05, 3.63) is 86.7 Å². The Balaban J connectivity index is 1.80. The average Bonchev–Trinajstić information content (AvgIpc) is 3.18. The maximum Gasteiger partial charge on any atom is 0.282 e. The molecule has 0 aliphatic heterocycles. The number of hydrogen-bond acceptors (Lipinski definition) is 4. The molecule has 0 bridgehead atoms. The molecule has 136 valence electrons. The fraction of sp³-hybridized carbons (Fsp3) is 0.0455. The lowest BCUT2D eigenvalue weighted by Gasteiger charge is -2.11. The molecule has 0 unspecified atom stereocenters. The molecule has 2 heterocycles. The van der Waals surface area contributed by atoms with Gasteiger partial charge in [-0.15, -0.1) is 11.3 Å².